The van der Waals surface area contributed by atoms with Crippen molar-refractivity contribution in [2.24, 2.45) is 0 Å². The number of nitrogens with one attached hydrogen (secondary N) is 1. The molecule has 0 unspecified atom stereocenters. The number of benzene rings is 1. The van der Waals surface area contributed by atoms with Crippen molar-refractivity contribution in [2.45, 2.75) is 6.42 Å². The number of carboxylic acids is 1. The average Bonchev–Trinajstić information content (AvgIpc) is 2.25. The highest BCUT2D eigenvalue weighted by molar-refractivity contribution is 6.35. The van der Waals surface area contributed by atoms with Gasteiger partial charge in [0.15, 0.2) is 0 Å². The van der Waals surface area contributed by atoms with E-state index in [1.807, 2.05) is 6.07 Å². The molecular weight excluding hydrogens is 261 g/mol. The molecule has 0 radical (unpaired) electrons. The Morgan fingerprint density at radius 1 is 1.41 bits per heavy atom. The van der Waals surface area contributed by atoms with Gasteiger partial charge >= 0.3 is 5.97 Å². The molecule has 0 fully saturated rings. The van der Waals surface area contributed by atoms with Gasteiger partial charge in [0, 0.05) is 22.7 Å². The van der Waals surface area contributed by atoms with Crippen LogP contribution in [0.25, 0.3) is 0 Å². The topological polar surface area (TPSA) is 49.3 Å². The van der Waals surface area contributed by atoms with Crippen LogP contribution in [0.1, 0.15) is 5.56 Å². The van der Waals surface area contributed by atoms with E-state index in [0.717, 1.165) is 24.6 Å². The highest BCUT2D eigenvalue weighted by Crippen LogP contribution is 2.20. The minimum Gasteiger partial charge on any atom is -0.478 e. The fourth-order valence-electron chi connectivity index (χ4n) is 1.29. The van der Waals surface area contributed by atoms with Gasteiger partial charge in [0.1, 0.15) is 0 Å². The first-order chi connectivity index (χ1) is 8.09. The van der Waals surface area contributed by atoms with Gasteiger partial charge in [0.05, 0.1) is 0 Å². The van der Waals surface area contributed by atoms with E-state index in [-0.39, 0.29) is 0 Å². The zero-order valence-electron chi connectivity index (χ0n) is 9.12. The van der Waals surface area contributed by atoms with Crippen LogP contribution in [0.4, 0.5) is 0 Å². The zero-order valence-corrected chi connectivity index (χ0v) is 10.6. The molecule has 0 amide bonds. The normalized spacial score (nSPS) is 10.9. The summed E-state index contributed by atoms with van der Waals surface area (Å²) < 4.78 is 0. The third-order valence-electron chi connectivity index (χ3n) is 2.11. The summed E-state index contributed by atoms with van der Waals surface area (Å²) >= 11 is 11.8. The smallest absolute Gasteiger partial charge is 0.328 e. The molecule has 1 aromatic rings. The number of rotatable bonds is 6. The SMILES string of the molecule is O=C(O)/C=C/CNCCc1ccc(Cl)cc1Cl. The Bertz CT molecular complexity index is 419. The van der Waals surface area contributed by atoms with Crippen LogP contribution in [0, 0.1) is 0 Å². The van der Waals surface area contributed by atoms with Crippen LogP contribution in [0.5, 0.6) is 0 Å². The molecule has 92 valence electrons. The third kappa shape index (κ3) is 5.73. The van der Waals surface area contributed by atoms with E-state index in [1.165, 1.54) is 0 Å². The summed E-state index contributed by atoms with van der Waals surface area (Å²) in [5.41, 5.74) is 1.02. The van der Waals surface area contributed by atoms with Gasteiger partial charge in [0.2, 0.25) is 0 Å². The number of aliphatic carboxylic acids is 1. The predicted molar refractivity (Wildman–Crippen MR) is 69.8 cm³/mol. The lowest BCUT2D eigenvalue weighted by atomic mass is 10.1. The van der Waals surface area contributed by atoms with Gasteiger partial charge in [-0.2, -0.15) is 0 Å². The van der Waals surface area contributed by atoms with Crippen molar-refractivity contribution in [2.75, 3.05) is 13.1 Å². The van der Waals surface area contributed by atoms with E-state index in [0.29, 0.717) is 16.6 Å². The van der Waals surface area contributed by atoms with E-state index in [1.54, 1.807) is 18.2 Å². The molecule has 3 nitrogen and oxygen atoms in total. The van der Waals surface area contributed by atoms with E-state index < -0.39 is 5.97 Å². The minimum atomic E-state index is -0.937. The van der Waals surface area contributed by atoms with Gasteiger partial charge in [-0.05, 0) is 30.7 Å². The number of carboxylic acid groups (broad SMARTS) is 1. The first-order valence-corrected chi connectivity index (χ1v) is 5.89. The van der Waals surface area contributed by atoms with Crippen molar-refractivity contribution in [3.8, 4) is 0 Å². The molecule has 0 atom stereocenters. The Balaban J connectivity index is 2.29. The van der Waals surface area contributed by atoms with E-state index in [4.69, 9.17) is 28.3 Å². The maximum atomic E-state index is 10.2. The van der Waals surface area contributed by atoms with Crippen molar-refractivity contribution in [3.05, 3.63) is 46.0 Å². The van der Waals surface area contributed by atoms with Gasteiger partial charge < -0.3 is 10.4 Å². The molecule has 0 aliphatic heterocycles. The van der Waals surface area contributed by atoms with E-state index in [2.05, 4.69) is 5.32 Å². The van der Waals surface area contributed by atoms with Crippen LogP contribution in [0.3, 0.4) is 0 Å². The summed E-state index contributed by atoms with van der Waals surface area (Å²) in [5, 5.41) is 12.7. The van der Waals surface area contributed by atoms with Gasteiger partial charge in [-0.1, -0.05) is 35.3 Å². The molecule has 0 heterocycles. The lowest BCUT2D eigenvalue weighted by Crippen LogP contribution is -2.17. The number of hydrogen-bond donors (Lipinski definition) is 2. The lowest BCUT2D eigenvalue weighted by molar-refractivity contribution is -0.131. The van der Waals surface area contributed by atoms with Gasteiger partial charge in [-0.15, -0.1) is 0 Å². The average molecular weight is 274 g/mol. The molecule has 0 spiro atoms. The molecule has 2 N–H and O–H groups in total. The summed E-state index contributed by atoms with van der Waals surface area (Å²) in [6.45, 7) is 1.25. The molecule has 17 heavy (non-hydrogen) atoms. The standard InChI is InChI=1S/C12H13Cl2NO2/c13-10-4-3-9(11(14)8-10)5-7-15-6-1-2-12(16)17/h1-4,8,15H,5-7H2,(H,16,17)/b2-1+. The molecule has 1 rings (SSSR count). The van der Waals surface area contributed by atoms with E-state index >= 15 is 0 Å². The number of halogens is 2. The largest absolute Gasteiger partial charge is 0.478 e. The Hall–Kier alpha value is -1.03. The van der Waals surface area contributed by atoms with Crippen LogP contribution in [-0.2, 0) is 11.2 Å². The molecule has 1 aromatic carbocycles. The Labute approximate surface area is 110 Å². The number of hydrogen-bond acceptors (Lipinski definition) is 2. The highest BCUT2D eigenvalue weighted by Gasteiger charge is 2.00. The maximum Gasteiger partial charge on any atom is 0.328 e. The highest BCUT2D eigenvalue weighted by atomic mass is 35.5. The number of carbonyl (C=O) groups is 1. The van der Waals surface area contributed by atoms with Crippen molar-refractivity contribution < 1.29 is 9.90 Å². The van der Waals surface area contributed by atoms with E-state index in [9.17, 15) is 4.79 Å². The van der Waals surface area contributed by atoms with Crippen LogP contribution in [0.15, 0.2) is 30.4 Å². The second-order valence-corrected chi connectivity index (χ2v) is 4.27. The van der Waals surface area contributed by atoms with Gasteiger partial charge in [-0.3, -0.25) is 0 Å². The molecule has 0 saturated carbocycles. The second-order valence-electron chi connectivity index (χ2n) is 3.43. The van der Waals surface area contributed by atoms with Crippen LogP contribution >= 0.6 is 23.2 Å². The van der Waals surface area contributed by atoms with Crippen LogP contribution in [-0.4, -0.2) is 24.2 Å². The monoisotopic (exact) mass is 273 g/mol. The summed E-state index contributed by atoms with van der Waals surface area (Å²) in [6.07, 6.45) is 3.45. The molecule has 0 aliphatic carbocycles. The van der Waals surface area contributed by atoms with Crippen molar-refractivity contribution in [3.63, 3.8) is 0 Å². The summed E-state index contributed by atoms with van der Waals surface area (Å²) in [7, 11) is 0. The Kier molecular flexibility index (Phi) is 6.05. The van der Waals surface area contributed by atoms with Crippen LogP contribution in [0.2, 0.25) is 10.0 Å². The summed E-state index contributed by atoms with van der Waals surface area (Å²) in [4.78, 5) is 10.2. The first-order valence-electron chi connectivity index (χ1n) is 5.13. The molecule has 5 heteroatoms. The molecule has 0 saturated heterocycles. The third-order valence-corrected chi connectivity index (χ3v) is 2.70. The van der Waals surface area contributed by atoms with Gasteiger partial charge in [0.25, 0.3) is 0 Å². The molecular formula is C12H13Cl2NO2. The van der Waals surface area contributed by atoms with Crippen molar-refractivity contribution in [1.82, 2.24) is 5.32 Å². The molecule has 0 aliphatic rings. The Morgan fingerprint density at radius 3 is 2.82 bits per heavy atom. The fraction of sp³-hybridized carbons (Fsp3) is 0.250. The lowest BCUT2D eigenvalue weighted by Gasteiger charge is -2.05. The van der Waals surface area contributed by atoms with Crippen molar-refractivity contribution >= 4 is 29.2 Å². The second kappa shape index (κ2) is 7.33. The maximum absolute atomic E-state index is 10.2. The summed E-state index contributed by atoms with van der Waals surface area (Å²) in [5.74, 6) is -0.937. The van der Waals surface area contributed by atoms with Crippen molar-refractivity contribution in [1.29, 1.82) is 0 Å². The van der Waals surface area contributed by atoms with Gasteiger partial charge in [-0.25, -0.2) is 4.79 Å². The fourth-order valence-corrected chi connectivity index (χ4v) is 1.80. The van der Waals surface area contributed by atoms with Crippen LogP contribution < -0.4 is 5.32 Å². The first kappa shape index (κ1) is 14.0. The molecule has 0 bridgehead atoms. The molecule has 0 aromatic heterocycles. The Morgan fingerprint density at radius 2 is 2.18 bits per heavy atom. The predicted octanol–water partition coefficient (Wildman–Crippen LogP) is 2.77. The zero-order chi connectivity index (χ0) is 12.7. The minimum absolute atomic E-state index is 0.525. The quantitative estimate of drug-likeness (QED) is 0.619. The summed E-state index contributed by atoms with van der Waals surface area (Å²) in [6, 6.07) is 5.40.